The van der Waals surface area contributed by atoms with Crippen LogP contribution in [0.15, 0.2) is 6.33 Å². The van der Waals surface area contributed by atoms with E-state index >= 15 is 0 Å². The number of fused-ring (bicyclic) bond motifs is 1. The quantitative estimate of drug-likeness (QED) is 0.455. The van der Waals surface area contributed by atoms with Gasteiger partial charge in [0.15, 0.2) is 23.2 Å². The summed E-state index contributed by atoms with van der Waals surface area (Å²) in [5.74, 6) is 0.486. The van der Waals surface area contributed by atoms with Gasteiger partial charge in [-0.1, -0.05) is 0 Å². The predicted octanol–water partition coefficient (Wildman–Crippen LogP) is 1.12. The van der Waals surface area contributed by atoms with Gasteiger partial charge in [0, 0.05) is 13.2 Å². The van der Waals surface area contributed by atoms with Crippen molar-refractivity contribution in [2.45, 2.75) is 50.5 Å². The van der Waals surface area contributed by atoms with E-state index in [0.29, 0.717) is 23.6 Å². The minimum atomic E-state index is -1.17. The molecule has 154 valence electrons. The van der Waals surface area contributed by atoms with Gasteiger partial charge in [-0.25, -0.2) is 4.98 Å². The van der Waals surface area contributed by atoms with E-state index in [1.165, 1.54) is 10.9 Å². The molecule has 10 nitrogen and oxygen atoms in total. The van der Waals surface area contributed by atoms with Crippen molar-refractivity contribution in [3.63, 3.8) is 0 Å². The smallest absolute Gasteiger partial charge is 0.226 e. The molecule has 2 aliphatic heterocycles. The number of halogens is 2. The van der Waals surface area contributed by atoms with Gasteiger partial charge in [0.1, 0.15) is 24.5 Å². The lowest BCUT2D eigenvalue weighted by Gasteiger charge is -2.25. The average Bonchev–Trinajstić information content (AvgIpc) is 3.35. The first kappa shape index (κ1) is 20.0. The number of imidazole rings is 1. The molecule has 0 spiro atoms. The van der Waals surface area contributed by atoms with Crippen molar-refractivity contribution in [2.75, 3.05) is 24.5 Å². The molecule has 0 aromatic carbocycles. The highest BCUT2D eigenvalue weighted by Crippen LogP contribution is 2.33. The molecule has 5 atom stereocenters. The van der Waals surface area contributed by atoms with Crippen LogP contribution in [0, 0.1) is 0 Å². The summed E-state index contributed by atoms with van der Waals surface area (Å²) in [6.45, 7) is 3.36. The van der Waals surface area contributed by atoms with Crippen LogP contribution in [-0.2, 0) is 9.47 Å². The zero-order chi connectivity index (χ0) is 19.8. The first-order valence-electron chi connectivity index (χ1n) is 9.16. The van der Waals surface area contributed by atoms with Gasteiger partial charge in [-0.05, 0) is 31.4 Å². The van der Waals surface area contributed by atoms with E-state index in [4.69, 9.17) is 32.7 Å². The molecule has 28 heavy (non-hydrogen) atoms. The second-order valence-corrected chi connectivity index (χ2v) is 7.37. The molecule has 4 heterocycles. The number of anilines is 1. The molecule has 0 amide bonds. The molecule has 2 aromatic rings. The normalized spacial score (nSPS) is 31.1. The minimum absolute atomic E-state index is 0.0193. The number of nitrogens with zero attached hydrogens (tertiary/aromatic N) is 5. The Balaban J connectivity index is 1.66. The second kappa shape index (κ2) is 8.23. The number of hydrogen-bond acceptors (Lipinski definition) is 9. The van der Waals surface area contributed by atoms with Gasteiger partial charge in [0.05, 0.1) is 12.2 Å². The molecule has 12 heteroatoms. The van der Waals surface area contributed by atoms with E-state index in [9.17, 15) is 10.2 Å². The molecule has 2 saturated heterocycles. The van der Waals surface area contributed by atoms with Gasteiger partial charge >= 0.3 is 0 Å². The van der Waals surface area contributed by atoms with Gasteiger partial charge in [-0.2, -0.15) is 15.0 Å². The molecule has 2 aliphatic rings. The number of aliphatic hydroxyl groups is 2. The van der Waals surface area contributed by atoms with Gasteiger partial charge in [-0.15, -0.1) is 11.6 Å². The fraction of sp³-hybridized carbons (Fsp3) is 0.688. The molecule has 3 N–H and O–H groups in total. The predicted molar refractivity (Wildman–Crippen MR) is 102 cm³/mol. The summed E-state index contributed by atoms with van der Waals surface area (Å²) in [5.41, 5.74) is 4.07. The highest BCUT2D eigenvalue weighted by atomic mass is 35.5. The lowest BCUT2D eigenvalue weighted by molar-refractivity contribution is -0.0291. The van der Waals surface area contributed by atoms with Gasteiger partial charge in [0.25, 0.3) is 0 Å². The summed E-state index contributed by atoms with van der Waals surface area (Å²) in [4.78, 5) is 12.9. The summed E-state index contributed by atoms with van der Waals surface area (Å²) in [6, 6.07) is 0. The number of nitrogens with one attached hydrogen (secondary N) is 1. The van der Waals surface area contributed by atoms with Crippen LogP contribution in [0.4, 0.5) is 5.82 Å². The number of aliphatic hydroxyl groups excluding tert-OH is 2. The molecule has 1 unspecified atom stereocenters. The summed E-state index contributed by atoms with van der Waals surface area (Å²) >= 11 is 11.9. The standard InChI is InChI=1S/C16H22Cl2N6O4/c1-2-27-9-4-3-5-24(9)22-13-10-14(21-16(18)20-13)23(7-19-10)15-12(26)11(25)8(6-17)28-15/h7-9,11-12,15,25-26H,2-6H2,1H3,(H,20,21,22)/t8-,9?,11-,12-,15+/m1/s1. The first-order valence-corrected chi connectivity index (χ1v) is 10.1. The minimum Gasteiger partial charge on any atom is -0.387 e. The van der Waals surface area contributed by atoms with Crippen molar-refractivity contribution >= 4 is 40.2 Å². The Bertz CT molecular complexity index is 839. The fourth-order valence-corrected chi connectivity index (χ4v) is 4.03. The van der Waals surface area contributed by atoms with Crippen LogP contribution in [0.3, 0.4) is 0 Å². The number of rotatable bonds is 6. The Hall–Kier alpha value is -1.27. The highest BCUT2D eigenvalue weighted by Gasteiger charge is 2.44. The van der Waals surface area contributed by atoms with E-state index in [0.717, 1.165) is 19.4 Å². The zero-order valence-corrected chi connectivity index (χ0v) is 16.7. The lowest BCUT2D eigenvalue weighted by Crippen LogP contribution is -2.37. The molecule has 0 bridgehead atoms. The van der Waals surface area contributed by atoms with Gasteiger partial charge in [0.2, 0.25) is 5.28 Å². The van der Waals surface area contributed by atoms with E-state index < -0.39 is 24.5 Å². The summed E-state index contributed by atoms with van der Waals surface area (Å²) < 4.78 is 12.9. The van der Waals surface area contributed by atoms with Crippen molar-refractivity contribution in [2.24, 2.45) is 0 Å². The highest BCUT2D eigenvalue weighted by molar-refractivity contribution is 6.28. The van der Waals surface area contributed by atoms with Crippen molar-refractivity contribution in [3.05, 3.63) is 11.6 Å². The second-order valence-electron chi connectivity index (χ2n) is 6.72. The van der Waals surface area contributed by atoms with Crippen LogP contribution in [-0.4, -0.2) is 78.3 Å². The maximum atomic E-state index is 10.4. The summed E-state index contributed by atoms with van der Waals surface area (Å²) in [5, 5.41) is 22.4. The summed E-state index contributed by atoms with van der Waals surface area (Å²) in [6.07, 6.45) is -0.530. The Morgan fingerprint density at radius 2 is 2.18 bits per heavy atom. The van der Waals surface area contributed by atoms with Crippen LogP contribution in [0.1, 0.15) is 26.0 Å². The molecular weight excluding hydrogens is 411 g/mol. The Morgan fingerprint density at radius 3 is 2.89 bits per heavy atom. The van der Waals surface area contributed by atoms with Crippen molar-refractivity contribution < 1.29 is 19.7 Å². The zero-order valence-electron chi connectivity index (χ0n) is 15.2. The van der Waals surface area contributed by atoms with Crippen LogP contribution >= 0.6 is 23.2 Å². The van der Waals surface area contributed by atoms with Crippen molar-refractivity contribution in [1.82, 2.24) is 24.5 Å². The Kier molecular flexibility index (Phi) is 5.88. The molecule has 0 saturated carbocycles. The third kappa shape index (κ3) is 3.54. The number of aromatic nitrogens is 4. The summed E-state index contributed by atoms with van der Waals surface area (Å²) in [7, 11) is 0. The molecule has 0 radical (unpaired) electrons. The molecular formula is C16H22Cl2N6O4. The van der Waals surface area contributed by atoms with E-state index in [1.54, 1.807) is 0 Å². The third-order valence-electron chi connectivity index (χ3n) is 4.96. The SMILES string of the molecule is CCOC1CCCN1Nc1nc(Cl)nc2c1ncn2[C@H]1O[C@H](CCl)[C@@H](O)[C@H]1O. The lowest BCUT2D eigenvalue weighted by atomic mass is 10.1. The molecule has 4 rings (SSSR count). The topological polar surface area (TPSA) is 118 Å². The Labute approximate surface area is 171 Å². The fourth-order valence-electron chi connectivity index (χ4n) is 3.61. The van der Waals surface area contributed by atoms with E-state index in [2.05, 4.69) is 20.4 Å². The monoisotopic (exact) mass is 432 g/mol. The first-order chi connectivity index (χ1) is 13.5. The number of alkyl halides is 1. The van der Waals surface area contributed by atoms with Crippen LogP contribution in [0.2, 0.25) is 5.28 Å². The van der Waals surface area contributed by atoms with E-state index in [1.807, 2.05) is 11.9 Å². The van der Waals surface area contributed by atoms with E-state index in [-0.39, 0.29) is 17.4 Å². The largest absolute Gasteiger partial charge is 0.387 e. The van der Waals surface area contributed by atoms with Crippen molar-refractivity contribution in [1.29, 1.82) is 0 Å². The third-order valence-corrected chi connectivity index (χ3v) is 5.44. The van der Waals surface area contributed by atoms with Crippen LogP contribution in [0.25, 0.3) is 11.2 Å². The van der Waals surface area contributed by atoms with Crippen molar-refractivity contribution in [3.8, 4) is 0 Å². The number of ether oxygens (including phenoxy) is 2. The van der Waals surface area contributed by atoms with Gasteiger partial charge < -0.3 is 19.7 Å². The average molecular weight is 433 g/mol. The van der Waals surface area contributed by atoms with Crippen LogP contribution < -0.4 is 5.43 Å². The maximum absolute atomic E-state index is 10.4. The molecule has 0 aliphatic carbocycles. The maximum Gasteiger partial charge on any atom is 0.226 e. The molecule has 2 fully saturated rings. The van der Waals surface area contributed by atoms with Crippen LogP contribution in [0.5, 0.6) is 0 Å². The Morgan fingerprint density at radius 1 is 1.36 bits per heavy atom. The number of hydrogen-bond donors (Lipinski definition) is 3. The molecule has 2 aromatic heterocycles. The van der Waals surface area contributed by atoms with Gasteiger partial charge in [-0.3, -0.25) is 9.99 Å². The number of hydrazine groups is 1.